The third-order valence-electron chi connectivity index (χ3n) is 5.97. The number of primary sulfonamides is 1. The molecule has 11 nitrogen and oxygen atoms in total. The molecule has 7 N–H and O–H groups in total. The molecule has 1 amide bonds. The molecule has 14 heteroatoms. The van der Waals surface area contributed by atoms with Crippen LogP contribution in [0.5, 0.6) is 0 Å². The summed E-state index contributed by atoms with van der Waals surface area (Å²) < 4.78 is 50.2. The van der Waals surface area contributed by atoms with E-state index in [1.165, 1.54) is 6.07 Å². The molecule has 204 valence electrons. The van der Waals surface area contributed by atoms with Crippen LogP contribution in [0.15, 0.2) is 75.4 Å². The Hall–Kier alpha value is -3.23. The van der Waals surface area contributed by atoms with Crippen LogP contribution >= 0.6 is 11.6 Å². The Kier molecular flexibility index (Phi) is 9.00. The maximum absolute atomic E-state index is 13.0. The number of rotatable bonds is 9. The van der Waals surface area contributed by atoms with E-state index in [2.05, 4.69) is 15.2 Å². The van der Waals surface area contributed by atoms with Crippen molar-refractivity contribution in [1.29, 1.82) is 0 Å². The number of halogens is 1. The van der Waals surface area contributed by atoms with Gasteiger partial charge in [-0.25, -0.2) is 26.7 Å². The van der Waals surface area contributed by atoms with Gasteiger partial charge in [0.15, 0.2) is 0 Å². The third kappa shape index (κ3) is 7.20. The molecule has 3 rings (SSSR count). The molecule has 0 heterocycles. The van der Waals surface area contributed by atoms with Crippen LogP contribution in [0.3, 0.4) is 0 Å². The summed E-state index contributed by atoms with van der Waals surface area (Å²) in [5.74, 6) is -0.593. The topological polar surface area (TPSA) is 194 Å². The number of sulfonamides is 2. The van der Waals surface area contributed by atoms with Crippen molar-refractivity contribution >= 4 is 43.3 Å². The highest BCUT2D eigenvalue weighted by Crippen LogP contribution is 2.30. The Balaban J connectivity index is 1.79. The predicted octanol–water partition coefficient (Wildman–Crippen LogP) is 1.97. The normalized spacial score (nSPS) is 16.3. The molecule has 0 saturated heterocycles. The van der Waals surface area contributed by atoms with E-state index in [1.807, 2.05) is 0 Å². The highest BCUT2D eigenvalue weighted by atomic mass is 35.5. The van der Waals surface area contributed by atoms with Gasteiger partial charge in [0.25, 0.3) is 0 Å². The van der Waals surface area contributed by atoms with Crippen molar-refractivity contribution in [3.05, 3.63) is 76.0 Å². The summed E-state index contributed by atoms with van der Waals surface area (Å²) in [6.45, 7) is 1.67. The summed E-state index contributed by atoms with van der Waals surface area (Å²) in [7, 11) is -7.71. The molecule has 0 fully saturated rings. The second kappa shape index (κ2) is 11.7. The molecule has 2 aromatic carbocycles. The lowest BCUT2D eigenvalue weighted by Gasteiger charge is -2.23. The maximum atomic E-state index is 13.0. The second-order valence-corrected chi connectivity index (χ2v) is 12.4. The van der Waals surface area contributed by atoms with Gasteiger partial charge in [-0.1, -0.05) is 53.2 Å². The van der Waals surface area contributed by atoms with Crippen LogP contribution in [0, 0.1) is 0 Å². The van der Waals surface area contributed by atoms with Gasteiger partial charge in [-0.15, -0.1) is 0 Å². The zero-order chi connectivity index (χ0) is 28.3. The zero-order valence-corrected chi connectivity index (χ0v) is 23.0. The van der Waals surface area contributed by atoms with Gasteiger partial charge < -0.3 is 16.3 Å². The van der Waals surface area contributed by atoms with Crippen LogP contribution in [0.25, 0.3) is 11.1 Å². The molecule has 0 unspecified atom stereocenters. The molecular formula is C24H28ClN5O6S2. The first-order valence-electron chi connectivity index (χ1n) is 11.2. The minimum absolute atomic E-state index is 0.0150. The Morgan fingerprint density at radius 2 is 1.87 bits per heavy atom. The van der Waals surface area contributed by atoms with Gasteiger partial charge in [-0.05, 0) is 47.8 Å². The molecule has 0 bridgehead atoms. The minimum Gasteiger partial charge on any atom is -0.411 e. The zero-order valence-electron chi connectivity index (χ0n) is 20.6. The Bertz CT molecular complexity index is 1570. The number of carbonyl (C=O) groups is 1. The lowest BCUT2D eigenvalue weighted by molar-refractivity contribution is -0.122. The minimum atomic E-state index is -3.97. The molecule has 1 aliphatic carbocycles. The number of nitrogens with one attached hydrogen (secondary N) is 2. The van der Waals surface area contributed by atoms with Gasteiger partial charge in [0.2, 0.25) is 26.0 Å². The van der Waals surface area contributed by atoms with E-state index in [-0.39, 0.29) is 40.7 Å². The number of allylic oxidation sites excluding steroid dienone is 3. The molecule has 0 radical (unpaired) electrons. The van der Waals surface area contributed by atoms with E-state index < -0.39 is 32.0 Å². The van der Waals surface area contributed by atoms with Crippen LogP contribution in [-0.2, 0) is 31.4 Å². The molecular weight excluding hydrogens is 554 g/mol. The molecule has 0 aliphatic heterocycles. The molecule has 0 spiro atoms. The number of hydrogen-bond acceptors (Lipinski definition) is 8. The van der Waals surface area contributed by atoms with Gasteiger partial charge in [0, 0.05) is 23.6 Å². The summed E-state index contributed by atoms with van der Waals surface area (Å²) in [6.07, 6.45) is 2.92. The summed E-state index contributed by atoms with van der Waals surface area (Å²) in [4.78, 5) is 13.0. The fraction of sp³-hybridized carbons (Fsp3) is 0.250. The van der Waals surface area contributed by atoms with Gasteiger partial charge in [-0.2, -0.15) is 0 Å². The third-order valence-corrected chi connectivity index (χ3v) is 8.00. The number of benzene rings is 2. The maximum Gasteiger partial charge on any atom is 0.238 e. The molecule has 0 saturated carbocycles. The van der Waals surface area contributed by atoms with Crippen molar-refractivity contribution in [2.24, 2.45) is 16.0 Å². The summed E-state index contributed by atoms with van der Waals surface area (Å²) in [5.41, 5.74) is 9.18. The van der Waals surface area contributed by atoms with Crippen LogP contribution in [0.4, 0.5) is 0 Å². The van der Waals surface area contributed by atoms with E-state index in [9.17, 15) is 21.6 Å². The summed E-state index contributed by atoms with van der Waals surface area (Å²) in [5, 5.41) is 20.5. The molecule has 1 aliphatic rings. The fourth-order valence-electron chi connectivity index (χ4n) is 3.99. The van der Waals surface area contributed by atoms with Crippen molar-refractivity contribution in [2.75, 3.05) is 6.26 Å². The largest absolute Gasteiger partial charge is 0.411 e. The van der Waals surface area contributed by atoms with E-state index >= 15 is 0 Å². The van der Waals surface area contributed by atoms with Crippen molar-refractivity contribution in [1.82, 2.24) is 10.0 Å². The number of carbonyl (C=O) groups excluding carboxylic acids is 1. The van der Waals surface area contributed by atoms with E-state index in [0.29, 0.717) is 27.8 Å². The smallest absolute Gasteiger partial charge is 0.238 e. The molecule has 38 heavy (non-hydrogen) atoms. The van der Waals surface area contributed by atoms with Gasteiger partial charge in [0.1, 0.15) is 11.8 Å². The van der Waals surface area contributed by atoms with E-state index in [1.54, 1.807) is 49.4 Å². The van der Waals surface area contributed by atoms with Crippen LogP contribution < -0.4 is 20.9 Å². The molecule has 1 atom stereocenters. The number of hydrogen-bond donors (Lipinski definition) is 5. The molecule has 0 aromatic heterocycles. The first kappa shape index (κ1) is 29.3. The lowest BCUT2D eigenvalue weighted by atomic mass is 9.90. The Morgan fingerprint density at radius 1 is 1.18 bits per heavy atom. The number of nitrogens with two attached hydrogens (primary N) is 2. The van der Waals surface area contributed by atoms with E-state index in [0.717, 1.165) is 6.26 Å². The second-order valence-electron chi connectivity index (χ2n) is 8.73. The van der Waals surface area contributed by atoms with Gasteiger partial charge >= 0.3 is 0 Å². The first-order chi connectivity index (χ1) is 17.7. The van der Waals surface area contributed by atoms with Crippen molar-refractivity contribution in [2.45, 2.75) is 37.2 Å². The number of nitrogens with zero attached hydrogens (tertiary/aromatic N) is 1. The summed E-state index contributed by atoms with van der Waals surface area (Å²) in [6, 6.07) is 9.92. The van der Waals surface area contributed by atoms with E-state index in [4.69, 9.17) is 27.7 Å². The quantitative estimate of drug-likeness (QED) is 0.220. The summed E-state index contributed by atoms with van der Waals surface area (Å²) >= 11 is 6.43. The first-order valence-corrected chi connectivity index (χ1v) is 15.1. The van der Waals surface area contributed by atoms with Gasteiger partial charge in [-0.3, -0.25) is 4.79 Å². The number of amides is 1. The van der Waals surface area contributed by atoms with Gasteiger partial charge in [0.05, 0.1) is 16.8 Å². The van der Waals surface area contributed by atoms with Crippen molar-refractivity contribution in [3.8, 4) is 11.1 Å². The Morgan fingerprint density at radius 3 is 2.47 bits per heavy atom. The van der Waals surface area contributed by atoms with Crippen molar-refractivity contribution in [3.63, 3.8) is 0 Å². The fourth-order valence-corrected chi connectivity index (χ4v) is 5.70. The Labute approximate surface area is 226 Å². The van der Waals surface area contributed by atoms with Crippen LogP contribution in [0.2, 0.25) is 5.02 Å². The highest BCUT2D eigenvalue weighted by molar-refractivity contribution is 7.89. The SMILES string of the molecule is CC1=C(N)C(=NO)CC=C1C[C@H](NS(C)(=O)=O)C(=O)NCc1ccc(-c2ccccc2S(N)(=O)=O)cc1Cl. The van der Waals surface area contributed by atoms with Crippen LogP contribution in [0.1, 0.15) is 25.3 Å². The van der Waals surface area contributed by atoms with Crippen LogP contribution in [-0.4, -0.2) is 46.0 Å². The lowest BCUT2D eigenvalue weighted by Crippen LogP contribution is -2.46. The predicted molar refractivity (Wildman–Crippen MR) is 145 cm³/mol. The van der Waals surface area contributed by atoms with Crippen molar-refractivity contribution < 1.29 is 26.8 Å². The monoisotopic (exact) mass is 581 g/mol. The number of oxime groups is 1. The standard InChI is InChI=1S/C24H28ClN5O6S2/c1-14-15(9-10-20(29-32)23(14)26)12-21(30-37(2,33)34)24(31)28-13-17-8-7-16(11-19(17)25)18-5-3-4-6-22(18)38(27,35)36/h3-9,11,21,30,32H,10,12-13,26H2,1-2H3,(H,28,31)(H2,27,35,36)/t21-/m0/s1. The molecule has 2 aromatic rings. The highest BCUT2D eigenvalue weighted by Gasteiger charge is 2.26. The average molecular weight is 582 g/mol. The average Bonchev–Trinajstić information content (AvgIpc) is 2.84.